The van der Waals surface area contributed by atoms with E-state index in [1.165, 1.54) is 28.6 Å². The summed E-state index contributed by atoms with van der Waals surface area (Å²) >= 11 is 6.22. The molecule has 0 saturated carbocycles. The maximum Gasteiger partial charge on any atom is 0.336 e. The molecule has 2 atom stereocenters. The highest BCUT2D eigenvalue weighted by Crippen LogP contribution is 2.29. The van der Waals surface area contributed by atoms with Gasteiger partial charge in [-0.3, -0.25) is 4.79 Å². The summed E-state index contributed by atoms with van der Waals surface area (Å²) in [5.41, 5.74) is 1.14. The van der Waals surface area contributed by atoms with Crippen LogP contribution in [-0.4, -0.2) is 43.9 Å². The summed E-state index contributed by atoms with van der Waals surface area (Å²) in [6, 6.07) is 10.5. The zero-order valence-electron chi connectivity index (χ0n) is 18.3. The number of morpholine rings is 1. The molecule has 8 nitrogen and oxygen atoms in total. The smallest absolute Gasteiger partial charge is 0.336 e. The third-order valence-electron chi connectivity index (χ3n) is 5.41. The largest absolute Gasteiger partial charge is 0.423 e. The highest BCUT2D eigenvalue weighted by molar-refractivity contribution is 7.89. The van der Waals surface area contributed by atoms with Gasteiger partial charge in [-0.15, -0.1) is 0 Å². The summed E-state index contributed by atoms with van der Waals surface area (Å²) in [6.45, 7) is 5.79. The zero-order chi connectivity index (χ0) is 23.9. The molecule has 0 aliphatic carbocycles. The molecule has 1 saturated heterocycles. The number of benzene rings is 2. The second-order valence-electron chi connectivity index (χ2n) is 8.14. The standard InChI is InChI=1S/C23H23ClN2O6S/c1-13-8-22(27)32-20-10-17(5-6-18(13)20)25-23(28)16-4-7-19(24)21(9-16)33(29,30)26-11-14(2)31-15(3)12-26/h4-10,14-15H,11-12H2,1-3H3,(H,25,28). The Labute approximate surface area is 196 Å². The molecule has 0 bridgehead atoms. The minimum atomic E-state index is -3.93. The van der Waals surface area contributed by atoms with Crippen molar-refractivity contribution in [2.24, 2.45) is 0 Å². The predicted molar refractivity (Wildman–Crippen MR) is 125 cm³/mol. The number of carbonyl (C=O) groups is 1. The normalized spacial score (nSPS) is 19.5. The number of anilines is 1. The van der Waals surface area contributed by atoms with Gasteiger partial charge in [0.05, 0.1) is 17.2 Å². The molecule has 10 heteroatoms. The molecule has 1 aliphatic rings. The number of carbonyl (C=O) groups excluding carboxylic acids is 1. The number of fused-ring (bicyclic) bond motifs is 1. The van der Waals surface area contributed by atoms with Gasteiger partial charge < -0.3 is 14.5 Å². The van der Waals surface area contributed by atoms with E-state index in [-0.39, 0.29) is 40.8 Å². The lowest BCUT2D eigenvalue weighted by molar-refractivity contribution is -0.0440. The average molecular weight is 491 g/mol. The summed E-state index contributed by atoms with van der Waals surface area (Å²) in [6.07, 6.45) is -0.518. The molecule has 1 N–H and O–H groups in total. The van der Waals surface area contributed by atoms with E-state index in [0.717, 1.165) is 10.9 Å². The summed E-state index contributed by atoms with van der Waals surface area (Å²) in [4.78, 5) is 24.4. The molecule has 2 heterocycles. The minimum absolute atomic E-state index is 0.0290. The van der Waals surface area contributed by atoms with Gasteiger partial charge in [0.25, 0.3) is 5.91 Å². The molecule has 0 spiro atoms. The van der Waals surface area contributed by atoms with Crippen LogP contribution >= 0.6 is 11.6 Å². The number of hydrogen-bond donors (Lipinski definition) is 1. The fraction of sp³-hybridized carbons (Fsp3) is 0.304. The van der Waals surface area contributed by atoms with E-state index in [2.05, 4.69) is 5.32 Å². The lowest BCUT2D eigenvalue weighted by Crippen LogP contribution is -2.48. The van der Waals surface area contributed by atoms with Gasteiger partial charge in [0.2, 0.25) is 10.0 Å². The number of hydrogen-bond acceptors (Lipinski definition) is 6. The zero-order valence-corrected chi connectivity index (χ0v) is 19.9. The number of nitrogens with one attached hydrogen (secondary N) is 1. The van der Waals surface area contributed by atoms with Crippen molar-refractivity contribution in [1.82, 2.24) is 4.31 Å². The van der Waals surface area contributed by atoms with Crippen LogP contribution in [0.25, 0.3) is 11.0 Å². The van der Waals surface area contributed by atoms with Crippen LogP contribution in [0.5, 0.6) is 0 Å². The number of aryl methyl sites for hydroxylation is 1. The van der Waals surface area contributed by atoms with Gasteiger partial charge in [-0.25, -0.2) is 13.2 Å². The summed E-state index contributed by atoms with van der Waals surface area (Å²) in [5.74, 6) is -0.527. The van der Waals surface area contributed by atoms with Crippen molar-refractivity contribution < 1.29 is 22.4 Å². The molecule has 1 aromatic heterocycles. The Hall–Kier alpha value is -2.72. The molecule has 2 aromatic carbocycles. The van der Waals surface area contributed by atoms with Crippen molar-refractivity contribution in [3.63, 3.8) is 0 Å². The molecule has 2 unspecified atom stereocenters. The summed E-state index contributed by atoms with van der Waals surface area (Å²) in [5, 5.41) is 3.49. The molecule has 1 aliphatic heterocycles. The maximum atomic E-state index is 13.3. The molecular formula is C23H23ClN2O6S. The van der Waals surface area contributed by atoms with Crippen LogP contribution in [0.4, 0.5) is 5.69 Å². The Morgan fingerprint density at radius 2 is 1.79 bits per heavy atom. The van der Waals surface area contributed by atoms with E-state index < -0.39 is 21.6 Å². The number of halogens is 1. The van der Waals surface area contributed by atoms with Crippen molar-refractivity contribution in [2.45, 2.75) is 37.9 Å². The first-order valence-corrected chi connectivity index (χ1v) is 12.2. The van der Waals surface area contributed by atoms with Gasteiger partial charge in [-0.05, 0) is 56.7 Å². The van der Waals surface area contributed by atoms with Gasteiger partial charge in [-0.1, -0.05) is 11.6 Å². The Kier molecular flexibility index (Phi) is 6.32. The molecule has 4 rings (SSSR count). The van der Waals surface area contributed by atoms with Crippen LogP contribution in [0.3, 0.4) is 0 Å². The van der Waals surface area contributed by atoms with Crippen LogP contribution in [0.15, 0.2) is 56.6 Å². The fourth-order valence-electron chi connectivity index (χ4n) is 3.91. The molecule has 1 fully saturated rings. The van der Waals surface area contributed by atoms with Gasteiger partial charge >= 0.3 is 5.63 Å². The highest BCUT2D eigenvalue weighted by atomic mass is 35.5. The minimum Gasteiger partial charge on any atom is -0.423 e. The lowest BCUT2D eigenvalue weighted by atomic mass is 10.1. The second kappa shape index (κ2) is 8.90. The van der Waals surface area contributed by atoms with Crippen LogP contribution in [-0.2, 0) is 14.8 Å². The van der Waals surface area contributed by atoms with Crippen LogP contribution in [0, 0.1) is 6.92 Å². The van der Waals surface area contributed by atoms with E-state index in [9.17, 15) is 18.0 Å². The topological polar surface area (TPSA) is 106 Å². The monoisotopic (exact) mass is 490 g/mol. The van der Waals surface area contributed by atoms with E-state index in [4.69, 9.17) is 20.8 Å². The predicted octanol–water partition coefficient (Wildman–Crippen LogP) is 3.81. The first-order valence-electron chi connectivity index (χ1n) is 10.4. The van der Waals surface area contributed by atoms with Gasteiger partial charge in [-0.2, -0.15) is 4.31 Å². The van der Waals surface area contributed by atoms with E-state index in [1.54, 1.807) is 39.0 Å². The van der Waals surface area contributed by atoms with E-state index in [0.29, 0.717) is 11.3 Å². The number of nitrogens with zero attached hydrogens (tertiary/aromatic N) is 1. The highest BCUT2D eigenvalue weighted by Gasteiger charge is 2.33. The van der Waals surface area contributed by atoms with Gasteiger partial charge in [0.15, 0.2) is 0 Å². The number of sulfonamides is 1. The first-order chi connectivity index (χ1) is 15.5. The Morgan fingerprint density at radius 3 is 2.48 bits per heavy atom. The third kappa shape index (κ3) is 4.81. The number of rotatable bonds is 4. The average Bonchev–Trinajstić information content (AvgIpc) is 2.72. The van der Waals surface area contributed by atoms with E-state index >= 15 is 0 Å². The second-order valence-corrected chi connectivity index (χ2v) is 10.5. The molecular weight excluding hydrogens is 468 g/mol. The van der Waals surface area contributed by atoms with Crippen molar-refractivity contribution in [3.05, 3.63) is 69.0 Å². The lowest BCUT2D eigenvalue weighted by Gasteiger charge is -2.34. The quantitative estimate of drug-likeness (QED) is 0.557. The maximum absolute atomic E-state index is 13.3. The van der Waals surface area contributed by atoms with Crippen LogP contribution in [0.1, 0.15) is 29.8 Å². The number of ether oxygens (including phenoxy) is 1. The summed E-state index contributed by atoms with van der Waals surface area (Å²) < 4.78 is 38.7. The SMILES string of the molecule is Cc1cc(=O)oc2cc(NC(=O)c3ccc(Cl)c(S(=O)(=O)N4CC(C)OC(C)C4)c3)ccc12. The molecule has 3 aromatic rings. The molecule has 1 amide bonds. The van der Waals surface area contributed by atoms with E-state index in [1.807, 2.05) is 0 Å². The summed E-state index contributed by atoms with van der Waals surface area (Å²) in [7, 11) is -3.93. The third-order valence-corrected chi connectivity index (χ3v) is 7.72. The Balaban J connectivity index is 1.63. The van der Waals surface area contributed by atoms with Crippen LogP contribution < -0.4 is 10.9 Å². The fourth-order valence-corrected chi connectivity index (χ4v) is 6.01. The molecule has 0 radical (unpaired) electrons. The van der Waals surface area contributed by atoms with Crippen molar-refractivity contribution in [3.8, 4) is 0 Å². The van der Waals surface area contributed by atoms with Gasteiger partial charge in [0, 0.05) is 41.9 Å². The molecule has 33 heavy (non-hydrogen) atoms. The van der Waals surface area contributed by atoms with Crippen molar-refractivity contribution >= 4 is 44.2 Å². The number of amides is 1. The van der Waals surface area contributed by atoms with Crippen molar-refractivity contribution in [2.75, 3.05) is 18.4 Å². The molecule has 174 valence electrons. The van der Waals surface area contributed by atoms with Crippen molar-refractivity contribution in [1.29, 1.82) is 0 Å². The first kappa shape index (κ1) is 23.4. The Bertz CT molecular complexity index is 1390. The van der Waals surface area contributed by atoms with Gasteiger partial charge in [0.1, 0.15) is 10.5 Å². The Morgan fingerprint density at radius 1 is 1.09 bits per heavy atom. The van der Waals surface area contributed by atoms with Crippen LogP contribution in [0.2, 0.25) is 5.02 Å².